The van der Waals surface area contributed by atoms with E-state index in [0.717, 1.165) is 0 Å². The largest absolute Gasteiger partial charge is 0.382 e. The second-order valence-corrected chi connectivity index (χ2v) is 4.55. The van der Waals surface area contributed by atoms with E-state index in [0.29, 0.717) is 13.1 Å². The minimum atomic E-state index is -3.56. The first kappa shape index (κ1) is 7.19. The molecule has 54 valence electrons. The summed E-state index contributed by atoms with van der Waals surface area (Å²) in [6.45, 7) is 1.12. The van der Waals surface area contributed by atoms with Gasteiger partial charge in [0, 0.05) is 13.1 Å². The van der Waals surface area contributed by atoms with Crippen LogP contribution in [0.5, 0.6) is 0 Å². The third kappa shape index (κ3) is 1.02. The topological polar surface area (TPSA) is 23.6 Å². The van der Waals surface area contributed by atoms with Crippen molar-refractivity contribution in [1.29, 1.82) is 0 Å². The van der Waals surface area contributed by atoms with E-state index in [4.69, 9.17) is 0 Å². The van der Waals surface area contributed by atoms with Crippen molar-refractivity contribution in [3.05, 3.63) is 0 Å². The molecule has 0 atom stereocenters. The highest BCUT2D eigenvalue weighted by Crippen LogP contribution is 2.55. The molecular formula is C4H10FN2OP. The van der Waals surface area contributed by atoms with E-state index in [1.807, 2.05) is 0 Å². The number of hydrogen-bond acceptors (Lipinski definition) is 1. The first-order valence-electron chi connectivity index (χ1n) is 2.78. The van der Waals surface area contributed by atoms with Crippen molar-refractivity contribution >= 4 is 7.75 Å². The third-order valence-corrected chi connectivity index (χ3v) is 3.67. The number of halogens is 1. The molecule has 9 heavy (non-hydrogen) atoms. The molecule has 0 aromatic heterocycles. The van der Waals surface area contributed by atoms with Gasteiger partial charge in [0.15, 0.2) is 0 Å². The highest BCUT2D eigenvalue weighted by molar-refractivity contribution is 7.53. The van der Waals surface area contributed by atoms with Gasteiger partial charge < -0.3 is 0 Å². The van der Waals surface area contributed by atoms with Gasteiger partial charge in [-0.1, -0.05) is 0 Å². The molecule has 1 aliphatic heterocycles. The predicted octanol–water partition coefficient (Wildman–Crippen LogP) is 0.941. The van der Waals surface area contributed by atoms with E-state index in [1.54, 1.807) is 0 Å². The standard InChI is InChI=1S/C4H10FN2OP/c1-6-3-4-7(2)9(6,5)8/h3-4H2,1-2H3. The maximum atomic E-state index is 12.8. The molecule has 0 bridgehead atoms. The van der Waals surface area contributed by atoms with Crippen molar-refractivity contribution in [3.63, 3.8) is 0 Å². The Morgan fingerprint density at radius 2 is 1.67 bits per heavy atom. The Morgan fingerprint density at radius 1 is 1.33 bits per heavy atom. The van der Waals surface area contributed by atoms with Crippen LogP contribution in [0.15, 0.2) is 0 Å². The van der Waals surface area contributed by atoms with Crippen LogP contribution in [0.25, 0.3) is 0 Å². The number of rotatable bonds is 0. The van der Waals surface area contributed by atoms with E-state index < -0.39 is 7.75 Å². The van der Waals surface area contributed by atoms with Crippen molar-refractivity contribution in [2.24, 2.45) is 0 Å². The van der Waals surface area contributed by atoms with E-state index in [9.17, 15) is 8.76 Å². The highest BCUT2D eigenvalue weighted by Gasteiger charge is 2.38. The smallest absolute Gasteiger partial charge is 0.251 e. The van der Waals surface area contributed by atoms with Gasteiger partial charge in [-0.15, -0.1) is 0 Å². The maximum Gasteiger partial charge on any atom is 0.382 e. The first-order chi connectivity index (χ1) is 4.05. The zero-order chi connectivity index (χ0) is 7.07. The Bertz CT molecular complexity index is 149. The molecule has 5 heteroatoms. The van der Waals surface area contributed by atoms with Crippen LogP contribution in [0.3, 0.4) is 0 Å². The Balaban J connectivity index is 2.79. The van der Waals surface area contributed by atoms with E-state index in [1.165, 1.54) is 23.4 Å². The van der Waals surface area contributed by atoms with Crippen LogP contribution >= 0.6 is 7.75 Å². The molecule has 0 N–H and O–H groups in total. The molecule has 0 radical (unpaired) electrons. The summed E-state index contributed by atoms with van der Waals surface area (Å²) in [6, 6.07) is 0. The number of nitrogens with zero attached hydrogens (tertiary/aromatic N) is 2. The normalized spacial score (nSPS) is 29.2. The molecule has 0 amide bonds. The van der Waals surface area contributed by atoms with Gasteiger partial charge in [0.2, 0.25) is 0 Å². The fourth-order valence-corrected chi connectivity index (χ4v) is 1.99. The van der Waals surface area contributed by atoms with Gasteiger partial charge in [-0.25, -0.2) is 9.34 Å². The summed E-state index contributed by atoms with van der Waals surface area (Å²) >= 11 is 0. The molecule has 0 aliphatic carbocycles. The fourth-order valence-electron chi connectivity index (χ4n) is 0.797. The minimum Gasteiger partial charge on any atom is -0.251 e. The van der Waals surface area contributed by atoms with Gasteiger partial charge in [0.05, 0.1) is 0 Å². The third-order valence-electron chi connectivity index (χ3n) is 1.59. The molecular weight excluding hydrogens is 142 g/mol. The molecule has 0 saturated carbocycles. The van der Waals surface area contributed by atoms with E-state index in [2.05, 4.69) is 0 Å². The number of likely N-dealkylation sites (N-methyl/N-ethyl adjacent to an activating group) is 2. The van der Waals surface area contributed by atoms with Crippen LogP contribution in [-0.2, 0) is 4.57 Å². The van der Waals surface area contributed by atoms with Crippen LogP contribution in [0, 0.1) is 0 Å². The molecule has 1 rings (SSSR count). The molecule has 1 saturated heterocycles. The number of hydrogen-bond donors (Lipinski definition) is 0. The lowest BCUT2D eigenvalue weighted by atomic mass is 10.6. The van der Waals surface area contributed by atoms with Crippen molar-refractivity contribution in [1.82, 2.24) is 9.34 Å². The maximum absolute atomic E-state index is 12.8. The van der Waals surface area contributed by atoms with Crippen LogP contribution in [0.4, 0.5) is 4.20 Å². The summed E-state index contributed by atoms with van der Waals surface area (Å²) < 4.78 is 26.2. The summed E-state index contributed by atoms with van der Waals surface area (Å²) in [6.07, 6.45) is 0. The molecule has 3 nitrogen and oxygen atoms in total. The second-order valence-electron chi connectivity index (χ2n) is 2.24. The lowest BCUT2D eigenvalue weighted by Crippen LogP contribution is -2.08. The quantitative estimate of drug-likeness (QED) is 0.482. The Morgan fingerprint density at radius 3 is 1.78 bits per heavy atom. The van der Waals surface area contributed by atoms with Gasteiger partial charge in [-0.2, -0.15) is 4.20 Å². The van der Waals surface area contributed by atoms with Gasteiger partial charge in [-0.3, -0.25) is 4.57 Å². The first-order valence-corrected chi connectivity index (χ1v) is 4.28. The average Bonchev–Trinajstić information content (AvgIpc) is 1.96. The molecule has 0 spiro atoms. The minimum absolute atomic E-state index is 0.560. The molecule has 0 aromatic rings. The molecule has 1 aliphatic rings. The molecule has 1 heterocycles. The SMILES string of the molecule is CN1CCN(C)P1(=O)F. The predicted molar refractivity (Wildman–Crippen MR) is 34.0 cm³/mol. The van der Waals surface area contributed by atoms with E-state index >= 15 is 0 Å². The van der Waals surface area contributed by atoms with Gasteiger partial charge in [0.1, 0.15) is 0 Å². The van der Waals surface area contributed by atoms with Gasteiger partial charge in [-0.05, 0) is 14.1 Å². The molecule has 1 fully saturated rings. The second kappa shape index (κ2) is 2.04. The summed E-state index contributed by atoms with van der Waals surface area (Å²) in [5.74, 6) is 0. The lowest BCUT2D eigenvalue weighted by Gasteiger charge is -2.14. The monoisotopic (exact) mass is 152 g/mol. The summed E-state index contributed by atoms with van der Waals surface area (Å²) in [5, 5.41) is 0. The fraction of sp³-hybridized carbons (Fsp3) is 1.00. The van der Waals surface area contributed by atoms with Crippen LogP contribution in [0.1, 0.15) is 0 Å². The highest BCUT2D eigenvalue weighted by atomic mass is 31.2. The van der Waals surface area contributed by atoms with Gasteiger partial charge >= 0.3 is 7.75 Å². The zero-order valence-electron chi connectivity index (χ0n) is 5.54. The summed E-state index contributed by atoms with van der Waals surface area (Å²) in [4.78, 5) is 0. The van der Waals surface area contributed by atoms with Crippen LogP contribution in [-0.4, -0.2) is 36.5 Å². The molecule has 0 aromatic carbocycles. The molecule has 0 unspecified atom stereocenters. The van der Waals surface area contributed by atoms with Crippen molar-refractivity contribution in [2.45, 2.75) is 0 Å². The summed E-state index contributed by atoms with van der Waals surface area (Å²) in [7, 11) is -0.495. The Kier molecular flexibility index (Phi) is 1.63. The van der Waals surface area contributed by atoms with Crippen LogP contribution < -0.4 is 0 Å². The average molecular weight is 152 g/mol. The lowest BCUT2D eigenvalue weighted by molar-refractivity contribution is 0.438. The summed E-state index contributed by atoms with van der Waals surface area (Å²) in [5.41, 5.74) is 0. The van der Waals surface area contributed by atoms with Crippen molar-refractivity contribution < 1.29 is 8.76 Å². The van der Waals surface area contributed by atoms with E-state index in [-0.39, 0.29) is 0 Å². The van der Waals surface area contributed by atoms with Gasteiger partial charge in [0.25, 0.3) is 0 Å². The zero-order valence-corrected chi connectivity index (χ0v) is 6.44. The van der Waals surface area contributed by atoms with Crippen molar-refractivity contribution in [2.75, 3.05) is 27.2 Å². The van der Waals surface area contributed by atoms with Crippen LogP contribution in [0.2, 0.25) is 0 Å². The van der Waals surface area contributed by atoms with Crippen molar-refractivity contribution in [3.8, 4) is 0 Å². The Hall–Kier alpha value is 0.0800. The Labute approximate surface area is 54.0 Å².